The Morgan fingerprint density at radius 3 is 2.85 bits per heavy atom. The zero-order valence-electron chi connectivity index (χ0n) is 15.7. The Kier molecular flexibility index (Phi) is 5.58. The molecular formula is C19H27N3O2S2. The summed E-state index contributed by atoms with van der Waals surface area (Å²) in [7, 11) is -3.05. The van der Waals surface area contributed by atoms with Crippen molar-refractivity contribution in [2.75, 3.05) is 31.9 Å². The zero-order chi connectivity index (χ0) is 18.8. The van der Waals surface area contributed by atoms with Gasteiger partial charge in [-0.2, -0.15) is 0 Å². The number of nitrogens with zero attached hydrogens (tertiary/aromatic N) is 2. The van der Waals surface area contributed by atoms with Crippen LogP contribution in [-0.2, 0) is 16.3 Å². The minimum absolute atomic E-state index is 0.180. The van der Waals surface area contributed by atoms with Gasteiger partial charge in [-0.15, -0.1) is 11.3 Å². The summed E-state index contributed by atoms with van der Waals surface area (Å²) in [6, 6.07) is 8.44. The van der Waals surface area contributed by atoms with E-state index in [-0.39, 0.29) is 5.75 Å². The van der Waals surface area contributed by atoms with E-state index in [1.54, 1.807) is 25.2 Å². The highest BCUT2D eigenvalue weighted by Gasteiger charge is 2.40. The molecule has 1 aliphatic rings. The van der Waals surface area contributed by atoms with Crippen molar-refractivity contribution in [2.24, 2.45) is 4.99 Å². The molecule has 2 aromatic rings. The highest BCUT2D eigenvalue weighted by molar-refractivity contribution is 7.92. The van der Waals surface area contributed by atoms with Crippen LogP contribution in [0.4, 0.5) is 0 Å². The second-order valence-corrected chi connectivity index (χ2v) is 10.9. The molecule has 26 heavy (non-hydrogen) atoms. The molecule has 1 saturated heterocycles. The lowest BCUT2D eigenvalue weighted by Crippen LogP contribution is -2.57. The van der Waals surface area contributed by atoms with Crippen LogP contribution in [0.2, 0.25) is 0 Å². The molecule has 0 spiro atoms. The monoisotopic (exact) mass is 393 g/mol. The summed E-state index contributed by atoms with van der Waals surface area (Å²) < 4.78 is 25.0. The highest BCUT2D eigenvalue weighted by atomic mass is 32.2. The van der Waals surface area contributed by atoms with Gasteiger partial charge >= 0.3 is 0 Å². The van der Waals surface area contributed by atoms with Crippen LogP contribution in [-0.4, -0.2) is 56.0 Å². The molecule has 2 heterocycles. The van der Waals surface area contributed by atoms with Gasteiger partial charge in [-0.05, 0) is 49.6 Å². The summed E-state index contributed by atoms with van der Waals surface area (Å²) in [5.74, 6) is 0.995. The van der Waals surface area contributed by atoms with Crippen LogP contribution in [0.5, 0.6) is 0 Å². The predicted octanol–water partition coefficient (Wildman–Crippen LogP) is 2.92. The van der Waals surface area contributed by atoms with Crippen molar-refractivity contribution in [3.05, 3.63) is 35.2 Å². The minimum atomic E-state index is -3.05. The number of aliphatic imine (C=N–C) groups is 1. The molecule has 1 fully saturated rings. The molecule has 0 saturated carbocycles. The fourth-order valence-corrected chi connectivity index (χ4v) is 5.62. The average Bonchev–Trinajstić information content (AvgIpc) is 3.00. The fraction of sp³-hybridized carbons (Fsp3) is 0.526. The molecule has 0 bridgehead atoms. The number of sulfone groups is 1. The Morgan fingerprint density at radius 2 is 2.12 bits per heavy atom. The third-order valence-corrected chi connectivity index (χ3v) is 8.43. The van der Waals surface area contributed by atoms with Crippen molar-refractivity contribution >= 4 is 37.2 Å². The van der Waals surface area contributed by atoms with Crippen LogP contribution in [0.3, 0.4) is 0 Å². The van der Waals surface area contributed by atoms with Gasteiger partial charge in [0.2, 0.25) is 0 Å². The van der Waals surface area contributed by atoms with E-state index in [0.717, 1.165) is 18.9 Å². The molecule has 0 amide bonds. The lowest BCUT2D eigenvalue weighted by molar-refractivity contribution is 0.353. The van der Waals surface area contributed by atoms with Crippen LogP contribution in [0.15, 0.2) is 34.6 Å². The van der Waals surface area contributed by atoms with Gasteiger partial charge in [0.25, 0.3) is 0 Å². The van der Waals surface area contributed by atoms with Gasteiger partial charge in [0.1, 0.15) is 0 Å². The second kappa shape index (κ2) is 7.56. The number of rotatable bonds is 4. The van der Waals surface area contributed by atoms with Crippen molar-refractivity contribution < 1.29 is 8.42 Å². The summed E-state index contributed by atoms with van der Waals surface area (Å²) in [6.07, 6.45) is 0.883. The Morgan fingerprint density at radius 1 is 1.35 bits per heavy atom. The molecule has 5 nitrogen and oxygen atoms in total. The van der Waals surface area contributed by atoms with Crippen LogP contribution < -0.4 is 5.32 Å². The molecule has 0 aliphatic carbocycles. The van der Waals surface area contributed by atoms with Gasteiger partial charge in [0, 0.05) is 30.9 Å². The summed E-state index contributed by atoms with van der Waals surface area (Å²) in [4.78, 5) is 6.85. The smallest absolute Gasteiger partial charge is 0.194 e. The molecule has 1 aromatic carbocycles. The van der Waals surface area contributed by atoms with E-state index in [1.807, 2.05) is 6.92 Å². The number of guanidine groups is 1. The average molecular weight is 394 g/mol. The molecule has 0 unspecified atom stereocenters. The van der Waals surface area contributed by atoms with Gasteiger partial charge in [0.05, 0.1) is 10.5 Å². The lowest BCUT2D eigenvalue weighted by Gasteiger charge is -2.39. The summed E-state index contributed by atoms with van der Waals surface area (Å²) in [5.41, 5.74) is 1.33. The van der Waals surface area contributed by atoms with E-state index >= 15 is 0 Å². The highest BCUT2D eigenvalue weighted by Crippen LogP contribution is 2.26. The van der Waals surface area contributed by atoms with Gasteiger partial charge in [-0.3, -0.25) is 4.99 Å². The minimum Gasteiger partial charge on any atom is -0.357 e. The predicted molar refractivity (Wildman–Crippen MR) is 111 cm³/mol. The SMILES string of the molecule is CCNC(=NCCc1csc2ccccc12)N1CCS(=O)(=O)C(C)(C)C1. The van der Waals surface area contributed by atoms with Crippen molar-refractivity contribution in [3.8, 4) is 0 Å². The summed E-state index contributed by atoms with van der Waals surface area (Å²) in [6.45, 7) is 8.07. The van der Waals surface area contributed by atoms with E-state index in [9.17, 15) is 8.42 Å². The van der Waals surface area contributed by atoms with E-state index < -0.39 is 14.6 Å². The van der Waals surface area contributed by atoms with E-state index in [2.05, 4.69) is 39.9 Å². The van der Waals surface area contributed by atoms with Gasteiger partial charge in [-0.25, -0.2) is 8.42 Å². The Hall–Kier alpha value is -1.60. The van der Waals surface area contributed by atoms with E-state index in [0.29, 0.717) is 19.6 Å². The Balaban J connectivity index is 1.71. The quantitative estimate of drug-likeness (QED) is 0.641. The van der Waals surface area contributed by atoms with Crippen LogP contribution in [0, 0.1) is 0 Å². The number of fused-ring (bicyclic) bond motifs is 1. The molecule has 3 rings (SSSR count). The van der Waals surface area contributed by atoms with Crippen molar-refractivity contribution in [1.82, 2.24) is 10.2 Å². The molecule has 1 aliphatic heterocycles. The maximum atomic E-state index is 12.2. The third-order valence-electron chi connectivity index (χ3n) is 4.88. The number of benzene rings is 1. The number of hydrogen-bond acceptors (Lipinski definition) is 4. The molecule has 0 atom stereocenters. The summed E-state index contributed by atoms with van der Waals surface area (Å²) in [5, 5.41) is 6.84. The fourth-order valence-electron chi connectivity index (χ4n) is 3.26. The van der Waals surface area contributed by atoms with Crippen molar-refractivity contribution in [3.63, 3.8) is 0 Å². The van der Waals surface area contributed by atoms with Gasteiger partial charge in [0.15, 0.2) is 15.8 Å². The van der Waals surface area contributed by atoms with Crippen LogP contribution in [0.1, 0.15) is 26.3 Å². The molecule has 0 radical (unpaired) electrons. The standard InChI is InChI=1S/C19H27N3O2S2/c1-4-20-18(22-11-12-26(23,24)19(2,3)14-22)21-10-9-15-13-25-17-8-6-5-7-16(15)17/h5-8,13H,4,9-12,14H2,1-3H3,(H,20,21). The first-order valence-corrected chi connectivity index (χ1v) is 11.6. The maximum absolute atomic E-state index is 12.2. The van der Waals surface area contributed by atoms with Crippen LogP contribution in [0.25, 0.3) is 10.1 Å². The first-order valence-electron chi connectivity index (χ1n) is 9.05. The number of nitrogens with one attached hydrogen (secondary N) is 1. The first kappa shape index (κ1) is 19.2. The topological polar surface area (TPSA) is 61.8 Å². The Bertz CT molecular complexity index is 900. The normalized spacial score (nSPS) is 19.7. The number of hydrogen-bond donors (Lipinski definition) is 1. The molecular weight excluding hydrogens is 366 g/mol. The van der Waals surface area contributed by atoms with Crippen molar-refractivity contribution in [1.29, 1.82) is 0 Å². The molecule has 142 valence electrons. The third kappa shape index (κ3) is 3.88. The second-order valence-electron chi connectivity index (χ2n) is 7.24. The largest absolute Gasteiger partial charge is 0.357 e. The van der Waals surface area contributed by atoms with Gasteiger partial charge < -0.3 is 10.2 Å². The number of thiophene rings is 1. The van der Waals surface area contributed by atoms with E-state index in [4.69, 9.17) is 4.99 Å². The van der Waals surface area contributed by atoms with Crippen LogP contribution >= 0.6 is 11.3 Å². The van der Waals surface area contributed by atoms with E-state index in [1.165, 1.54) is 15.6 Å². The zero-order valence-corrected chi connectivity index (χ0v) is 17.3. The lowest BCUT2D eigenvalue weighted by atomic mass is 10.1. The first-order chi connectivity index (χ1) is 12.3. The molecule has 1 N–H and O–H groups in total. The summed E-state index contributed by atoms with van der Waals surface area (Å²) >= 11 is 1.77. The maximum Gasteiger partial charge on any atom is 0.194 e. The Labute approximate surface area is 160 Å². The molecule has 1 aromatic heterocycles. The van der Waals surface area contributed by atoms with Gasteiger partial charge in [-0.1, -0.05) is 18.2 Å². The van der Waals surface area contributed by atoms with Crippen molar-refractivity contribution in [2.45, 2.75) is 31.9 Å². The molecule has 7 heteroatoms.